The summed E-state index contributed by atoms with van der Waals surface area (Å²) >= 11 is 3.24. The van der Waals surface area contributed by atoms with E-state index in [4.69, 9.17) is 0 Å². The van der Waals surface area contributed by atoms with E-state index in [0.29, 0.717) is 5.56 Å². The van der Waals surface area contributed by atoms with Gasteiger partial charge in [-0.1, -0.05) is 15.9 Å². The highest BCUT2D eigenvalue weighted by Crippen LogP contribution is 2.16. The van der Waals surface area contributed by atoms with Crippen LogP contribution in [0.4, 0.5) is 4.39 Å². The van der Waals surface area contributed by atoms with Gasteiger partial charge in [-0.2, -0.15) is 0 Å². The number of rotatable bonds is 3. The van der Waals surface area contributed by atoms with Crippen LogP contribution < -0.4 is 5.32 Å². The van der Waals surface area contributed by atoms with Crippen molar-refractivity contribution in [3.05, 3.63) is 40.1 Å². The van der Waals surface area contributed by atoms with Gasteiger partial charge in [0, 0.05) is 22.2 Å². The Labute approximate surface area is 103 Å². The van der Waals surface area contributed by atoms with Crippen LogP contribution in [0.25, 0.3) is 6.08 Å². The lowest BCUT2D eigenvalue weighted by Crippen LogP contribution is -2.28. The van der Waals surface area contributed by atoms with Crippen molar-refractivity contribution in [1.82, 2.24) is 5.32 Å². The van der Waals surface area contributed by atoms with E-state index in [-0.39, 0.29) is 17.8 Å². The number of halogens is 2. The molecule has 0 bridgehead atoms. The van der Waals surface area contributed by atoms with Crippen LogP contribution in [0.2, 0.25) is 0 Å². The van der Waals surface area contributed by atoms with Crippen molar-refractivity contribution in [3.63, 3.8) is 0 Å². The van der Waals surface area contributed by atoms with Crippen molar-refractivity contribution >= 4 is 27.9 Å². The molecule has 0 spiro atoms. The molecule has 1 rings (SSSR count). The number of nitrogens with one attached hydrogen (secondary N) is 1. The van der Waals surface area contributed by atoms with E-state index >= 15 is 0 Å². The minimum atomic E-state index is -0.350. The Morgan fingerprint density at radius 3 is 2.81 bits per heavy atom. The molecule has 0 aliphatic carbocycles. The largest absolute Gasteiger partial charge is 0.350 e. The second kappa shape index (κ2) is 5.80. The summed E-state index contributed by atoms with van der Waals surface area (Å²) < 4.78 is 14.1. The smallest absolute Gasteiger partial charge is 0.244 e. The molecule has 1 amide bonds. The first-order chi connectivity index (χ1) is 7.49. The molecule has 0 aliphatic rings. The number of benzene rings is 1. The van der Waals surface area contributed by atoms with Crippen LogP contribution in [-0.2, 0) is 4.79 Å². The van der Waals surface area contributed by atoms with E-state index in [0.717, 1.165) is 4.47 Å². The predicted molar refractivity (Wildman–Crippen MR) is 66.4 cm³/mol. The highest BCUT2D eigenvalue weighted by Gasteiger charge is 2.01. The maximum Gasteiger partial charge on any atom is 0.244 e. The first-order valence-corrected chi connectivity index (χ1v) is 5.72. The van der Waals surface area contributed by atoms with Gasteiger partial charge in [0.15, 0.2) is 0 Å². The second-order valence-electron chi connectivity index (χ2n) is 3.66. The van der Waals surface area contributed by atoms with Crippen LogP contribution in [-0.4, -0.2) is 11.9 Å². The van der Waals surface area contributed by atoms with Gasteiger partial charge in [-0.25, -0.2) is 4.39 Å². The molecule has 16 heavy (non-hydrogen) atoms. The molecular weight excluding hydrogens is 273 g/mol. The third-order valence-corrected chi connectivity index (χ3v) is 2.30. The van der Waals surface area contributed by atoms with Crippen LogP contribution in [0.5, 0.6) is 0 Å². The Hall–Kier alpha value is -1.16. The molecule has 1 aromatic carbocycles. The van der Waals surface area contributed by atoms with Crippen molar-refractivity contribution in [2.24, 2.45) is 0 Å². The molecule has 0 unspecified atom stereocenters. The Morgan fingerprint density at radius 2 is 2.19 bits per heavy atom. The van der Waals surface area contributed by atoms with Gasteiger partial charge in [0.1, 0.15) is 5.82 Å². The number of carbonyl (C=O) groups excluding carboxylic acids is 1. The monoisotopic (exact) mass is 285 g/mol. The van der Waals surface area contributed by atoms with Crippen molar-refractivity contribution in [2.45, 2.75) is 19.9 Å². The van der Waals surface area contributed by atoms with Crippen LogP contribution in [0.1, 0.15) is 19.4 Å². The molecule has 1 aromatic rings. The number of hydrogen-bond acceptors (Lipinski definition) is 1. The maximum atomic E-state index is 13.3. The summed E-state index contributed by atoms with van der Waals surface area (Å²) in [6, 6.07) is 4.66. The summed E-state index contributed by atoms with van der Waals surface area (Å²) in [5, 5.41) is 2.69. The molecular formula is C12H13BrFNO. The molecule has 0 saturated carbocycles. The summed E-state index contributed by atoms with van der Waals surface area (Å²) in [6.45, 7) is 3.73. The third-order valence-electron chi connectivity index (χ3n) is 1.80. The van der Waals surface area contributed by atoms with Gasteiger partial charge in [-0.05, 0) is 38.1 Å². The second-order valence-corrected chi connectivity index (χ2v) is 4.58. The van der Waals surface area contributed by atoms with E-state index in [2.05, 4.69) is 21.2 Å². The molecule has 4 heteroatoms. The quantitative estimate of drug-likeness (QED) is 0.850. The average Bonchev–Trinajstić information content (AvgIpc) is 2.18. The van der Waals surface area contributed by atoms with Crippen molar-refractivity contribution < 1.29 is 9.18 Å². The van der Waals surface area contributed by atoms with Gasteiger partial charge in [0.05, 0.1) is 0 Å². The average molecular weight is 286 g/mol. The van der Waals surface area contributed by atoms with Crippen molar-refractivity contribution in [3.8, 4) is 0 Å². The highest BCUT2D eigenvalue weighted by molar-refractivity contribution is 9.10. The summed E-state index contributed by atoms with van der Waals surface area (Å²) in [7, 11) is 0. The van der Waals surface area contributed by atoms with E-state index in [1.165, 1.54) is 18.2 Å². The summed E-state index contributed by atoms with van der Waals surface area (Å²) in [5.41, 5.74) is 0.383. The zero-order valence-corrected chi connectivity index (χ0v) is 10.7. The summed E-state index contributed by atoms with van der Waals surface area (Å²) in [6.07, 6.45) is 2.78. The Bertz CT molecular complexity index is 415. The maximum absolute atomic E-state index is 13.3. The molecule has 2 nitrogen and oxygen atoms in total. The zero-order valence-electron chi connectivity index (χ0n) is 9.13. The molecule has 0 aromatic heterocycles. The fourth-order valence-electron chi connectivity index (χ4n) is 1.14. The van der Waals surface area contributed by atoms with Crippen LogP contribution in [0.3, 0.4) is 0 Å². The minimum Gasteiger partial charge on any atom is -0.350 e. The van der Waals surface area contributed by atoms with Gasteiger partial charge in [-0.3, -0.25) is 4.79 Å². The normalized spacial score (nSPS) is 11.1. The van der Waals surface area contributed by atoms with Gasteiger partial charge in [0.2, 0.25) is 5.91 Å². The van der Waals surface area contributed by atoms with Gasteiger partial charge >= 0.3 is 0 Å². The SMILES string of the molecule is CC(C)NC(=O)/C=C/c1cc(Br)ccc1F. The topological polar surface area (TPSA) is 29.1 Å². The Kier molecular flexibility index (Phi) is 4.68. The summed E-state index contributed by atoms with van der Waals surface area (Å²) in [4.78, 5) is 11.3. The zero-order chi connectivity index (χ0) is 12.1. The molecule has 0 atom stereocenters. The molecule has 86 valence electrons. The lowest BCUT2D eigenvalue weighted by Gasteiger charge is -2.04. The number of carbonyl (C=O) groups is 1. The van der Waals surface area contributed by atoms with Crippen molar-refractivity contribution in [2.75, 3.05) is 0 Å². The van der Waals surface area contributed by atoms with Crippen LogP contribution >= 0.6 is 15.9 Å². The summed E-state index contributed by atoms with van der Waals surface area (Å²) in [5.74, 6) is -0.578. The van der Waals surface area contributed by atoms with Crippen LogP contribution in [0.15, 0.2) is 28.7 Å². The van der Waals surface area contributed by atoms with E-state index < -0.39 is 0 Å². The van der Waals surface area contributed by atoms with Gasteiger partial charge < -0.3 is 5.32 Å². The van der Waals surface area contributed by atoms with Crippen LogP contribution in [0, 0.1) is 5.82 Å². The molecule has 0 heterocycles. The van der Waals surface area contributed by atoms with E-state index in [1.807, 2.05) is 13.8 Å². The molecule has 0 radical (unpaired) electrons. The van der Waals surface area contributed by atoms with Gasteiger partial charge in [-0.15, -0.1) is 0 Å². The third kappa shape index (κ3) is 4.14. The molecule has 0 fully saturated rings. The lowest BCUT2D eigenvalue weighted by molar-refractivity contribution is -0.116. The highest BCUT2D eigenvalue weighted by atomic mass is 79.9. The predicted octanol–water partition coefficient (Wildman–Crippen LogP) is 3.13. The minimum absolute atomic E-state index is 0.0736. The molecule has 0 aliphatic heterocycles. The van der Waals surface area contributed by atoms with Crippen molar-refractivity contribution in [1.29, 1.82) is 0 Å². The molecule has 0 saturated heterocycles. The van der Waals surface area contributed by atoms with E-state index in [1.54, 1.807) is 12.1 Å². The van der Waals surface area contributed by atoms with Gasteiger partial charge in [0.25, 0.3) is 0 Å². The van der Waals surface area contributed by atoms with E-state index in [9.17, 15) is 9.18 Å². The first-order valence-electron chi connectivity index (χ1n) is 4.92. The fraction of sp³-hybridized carbons (Fsp3) is 0.250. The Balaban J connectivity index is 2.76. The lowest BCUT2D eigenvalue weighted by atomic mass is 10.2. The number of amides is 1. The molecule has 1 N–H and O–H groups in total. The number of hydrogen-bond donors (Lipinski definition) is 1. The fourth-order valence-corrected chi connectivity index (χ4v) is 1.52. The first kappa shape index (κ1) is 12.9. The standard InChI is InChI=1S/C12H13BrFNO/c1-8(2)15-12(16)6-3-9-7-10(13)4-5-11(9)14/h3-8H,1-2H3,(H,15,16)/b6-3+. The Morgan fingerprint density at radius 1 is 1.50 bits per heavy atom.